The third-order valence-corrected chi connectivity index (χ3v) is 5.21. The molecule has 5 atom stereocenters. The molecule has 0 aliphatic heterocycles. The summed E-state index contributed by atoms with van der Waals surface area (Å²) in [5, 5.41) is 0. The first-order chi connectivity index (χ1) is 6.15. The van der Waals surface area contributed by atoms with Crippen LogP contribution in [0.1, 0.15) is 45.4 Å². The molecule has 5 unspecified atom stereocenters. The summed E-state index contributed by atoms with van der Waals surface area (Å²) in [5.41, 5.74) is 0. The molecule has 0 radical (unpaired) electrons. The molecule has 0 aromatic carbocycles. The van der Waals surface area contributed by atoms with Crippen molar-refractivity contribution in [1.29, 1.82) is 0 Å². The zero-order chi connectivity index (χ0) is 9.05. The number of hydrogen-bond acceptors (Lipinski definition) is 0. The zero-order valence-electron chi connectivity index (χ0n) is 8.43. The summed E-state index contributed by atoms with van der Waals surface area (Å²) < 4.78 is 0. The maximum atomic E-state index is 6.70. The van der Waals surface area contributed by atoms with E-state index in [1.165, 1.54) is 38.5 Å². The van der Waals surface area contributed by atoms with Gasteiger partial charge in [-0.1, -0.05) is 6.92 Å². The fourth-order valence-electron chi connectivity index (χ4n) is 4.42. The Labute approximate surface area is 86.0 Å². The topological polar surface area (TPSA) is 0 Å². The molecule has 1 heteroatoms. The summed E-state index contributed by atoms with van der Waals surface area (Å²) in [5.74, 6) is 3.87. The minimum absolute atomic E-state index is 0.237. The van der Waals surface area contributed by atoms with Crippen LogP contribution in [-0.4, -0.2) is 4.87 Å². The Balaban J connectivity index is 1.95. The third-order valence-electron chi connectivity index (χ3n) is 4.75. The van der Waals surface area contributed by atoms with Gasteiger partial charge in [0, 0.05) is 4.87 Å². The van der Waals surface area contributed by atoms with Crippen molar-refractivity contribution < 1.29 is 0 Å². The maximum absolute atomic E-state index is 6.70. The van der Waals surface area contributed by atoms with Gasteiger partial charge in [-0.3, -0.25) is 0 Å². The Hall–Kier alpha value is 0.290. The quantitative estimate of drug-likeness (QED) is 0.519. The highest BCUT2D eigenvalue weighted by Gasteiger charge is 2.49. The SMILES string of the molecule is CC1CC2CC3CC1CC(Cl)(C2)C3. The van der Waals surface area contributed by atoms with E-state index < -0.39 is 0 Å². The highest BCUT2D eigenvalue weighted by molar-refractivity contribution is 6.24. The first kappa shape index (κ1) is 8.59. The van der Waals surface area contributed by atoms with Crippen LogP contribution in [0.3, 0.4) is 0 Å². The fraction of sp³-hybridized carbons (Fsp3) is 1.00. The summed E-state index contributed by atoms with van der Waals surface area (Å²) in [7, 11) is 0. The van der Waals surface area contributed by atoms with Crippen molar-refractivity contribution in [1.82, 2.24) is 0 Å². The van der Waals surface area contributed by atoms with Crippen LogP contribution >= 0.6 is 11.6 Å². The lowest BCUT2D eigenvalue weighted by Crippen LogP contribution is -2.39. The molecule has 74 valence electrons. The molecule has 0 heterocycles. The molecule has 4 bridgehead atoms. The van der Waals surface area contributed by atoms with Crippen LogP contribution in [0.25, 0.3) is 0 Å². The Morgan fingerprint density at radius 1 is 1.00 bits per heavy atom. The molecule has 4 saturated carbocycles. The van der Waals surface area contributed by atoms with E-state index in [1.807, 2.05) is 0 Å². The summed E-state index contributed by atoms with van der Waals surface area (Å²) in [4.78, 5) is 0.237. The van der Waals surface area contributed by atoms with E-state index in [-0.39, 0.29) is 4.87 Å². The van der Waals surface area contributed by atoms with E-state index in [4.69, 9.17) is 11.6 Å². The lowest BCUT2D eigenvalue weighted by atomic mass is 9.67. The Morgan fingerprint density at radius 3 is 2.38 bits per heavy atom. The van der Waals surface area contributed by atoms with Crippen LogP contribution in [0.2, 0.25) is 0 Å². The van der Waals surface area contributed by atoms with Gasteiger partial charge in [0.2, 0.25) is 0 Å². The molecule has 0 saturated heterocycles. The second kappa shape index (κ2) is 2.66. The van der Waals surface area contributed by atoms with Crippen molar-refractivity contribution in [3.05, 3.63) is 0 Å². The van der Waals surface area contributed by atoms with Crippen LogP contribution < -0.4 is 0 Å². The highest BCUT2D eigenvalue weighted by Crippen LogP contribution is 2.57. The van der Waals surface area contributed by atoms with E-state index in [9.17, 15) is 0 Å². The molecule has 13 heavy (non-hydrogen) atoms. The second-order valence-electron chi connectivity index (χ2n) is 5.94. The van der Waals surface area contributed by atoms with Gasteiger partial charge in [-0.15, -0.1) is 11.6 Å². The lowest BCUT2D eigenvalue weighted by Gasteiger charge is -2.44. The van der Waals surface area contributed by atoms with Gasteiger partial charge in [-0.05, 0) is 62.2 Å². The predicted octanol–water partition coefficient (Wildman–Crippen LogP) is 3.83. The summed E-state index contributed by atoms with van der Waals surface area (Å²) in [6.45, 7) is 2.45. The average molecular weight is 199 g/mol. The molecule has 0 nitrogen and oxygen atoms in total. The van der Waals surface area contributed by atoms with Gasteiger partial charge in [0.05, 0.1) is 0 Å². The number of alkyl halides is 1. The third kappa shape index (κ3) is 1.33. The monoisotopic (exact) mass is 198 g/mol. The maximum Gasteiger partial charge on any atom is 0.0454 e. The van der Waals surface area contributed by atoms with Crippen molar-refractivity contribution in [2.75, 3.05) is 0 Å². The van der Waals surface area contributed by atoms with Crippen LogP contribution in [-0.2, 0) is 0 Å². The van der Waals surface area contributed by atoms with Gasteiger partial charge < -0.3 is 0 Å². The molecule has 0 amide bonds. The first-order valence-corrected chi connectivity index (χ1v) is 6.21. The van der Waals surface area contributed by atoms with Crippen molar-refractivity contribution in [2.45, 2.75) is 50.3 Å². The van der Waals surface area contributed by atoms with Gasteiger partial charge in [-0.25, -0.2) is 0 Å². The van der Waals surface area contributed by atoms with Crippen LogP contribution in [0, 0.1) is 23.7 Å². The minimum atomic E-state index is 0.237. The van der Waals surface area contributed by atoms with Gasteiger partial charge >= 0.3 is 0 Å². The largest absolute Gasteiger partial charge is 0.119 e. The van der Waals surface area contributed by atoms with E-state index in [1.54, 1.807) is 0 Å². The lowest BCUT2D eigenvalue weighted by molar-refractivity contribution is 0.146. The number of halogens is 1. The summed E-state index contributed by atoms with van der Waals surface area (Å²) >= 11 is 6.70. The van der Waals surface area contributed by atoms with Gasteiger partial charge in [0.15, 0.2) is 0 Å². The molecule has 4 rings (SSSR count). The standard InChI is InChI=1S/C12H19Cl/c1-8-2-9-3-10-4-11(8)7-12(13,5-9)6-10/h8-11H,2-7H2,1H3. The van der Waals surface area contributed by atoms with E-state index >= 15 is 0 Å². The molecular weight excluding hydrogens is 180 g/mol. The van der Waals surface area contributed by atoms with Crippen LogP contribution in [0.5, 0.6) is 0 Å². The fourth-order valence-corrected chi connectivity index (χ4v) is 5.05. The van der Waals surface area contributed by atoms with Crippen molar-refractivity contribution in [2.24, 2.45) is 23.7 Å². The first-order valence-electron chi connectivity index (χ1n) is 5.83. The molecular formula is C12H19Cl. The molecule has 0 aromatic heterocycles. The second-order valence-corrected chi connectivity index (χ2v) is 6.74. The molecule has 0 aromatic rings. The van der Waals surface area contributed by atoms with Crippen molar-refractivity contribution >= 4 is 11.6 Å². The van der Waals surface area contributed by atoms with Crippen LogP contribution in [0.15, 0.2) is 0 Å². The Morgan fingerprint density at radius 2 is 1.69 bits per heavy atom. The number of rotatable bonds is 0. The smallest absolute Gasteiger partial charge is 0.0454 e. The van der Waals surface area contributed by atoms with Gasteiger partial charge in [-0.2, -0.15) is 0 Å². The van der Waals surface area contributed by atoms with Gasteiger partial charge in [0.1, 0.15) is 0 Å². The molecule has 4 fully saturated rings. The molecule has 4 aliphatic rings. The molecule has 4 aliphatic carbocycles. The van der Waals surface area contributed by atoms with Gasteiger partial charge in [0.25, 0.3) is 0 Å². The van der Waals surface area contributed by atoms with E-state index in [2.05, 4.69) is 6.92 Å². The number of fused-ring (bicyclic) bond motifs is 1. The van der Waals surface area contributed by atoms with E-state index in [0.717, 1.165) is 23.7 Å². The normalized spacial score (nSPS) is 59.5. The average Bonchev–Trinajstić information content (AvgIpc) is 2.12. The number of hydrogen-bond donors (Lipinski definition) is 0. The Bertz CT molecular complexity index is 225. The zero-order valence-corrected chi connectivity index (χ0v) is 9.19. The molecule has 0 spiro atoms. The minimum Gasteiger partial charge on any atom is -0.119 e. The Kier molecular flexibility index (Phi) is 1.75. The molecule has 0 N–H and O–H groups in total. The van der Waals surface area contributed by atoms with Crippen LogP contribution in [0.4, 0.5) is 0 Å². The summed E-state index contributed by atoms with van der Waals surface area (Å²) in [6, 6.07) is 0. The van der Waals surface area contributed by atoms with Crippen molar-refractivity contribution in [3.63, 3.8) is 0 Å². The summed E-state index contributed by atoms with van der Waals surface area (Å²) in [6.07, 6.45) is 8.43. The van der Waals surface area contributed by atoms with Crippen molar-refractivity contribution in [3.8, 4) is 0 Å². The predicted molar refractivity (Wildman–Crippen MR) is 55.9 cm³/mol. The highest BCUT2D eigenvalue weighted by atomic mass is 35.5. The van der Waals surface area contributed by atoms with E-state index in [0.29, 0.717) is 0 Å².